The van der Waals surface area contributed by atoms with Crippen LogP contribution in [0.2, 0.25) is 0 Å². The molecule has 0 atom stereocenters. The highest BCUT2D eigenvalue weighted by atomic mass is 16.1. The molecular formula is C20H23N3O. The molecule has 0 aliphatic rings. The lowest BCUT2D eigenvalue weighted by molar-refractivity contribution is 0.0953. The Kier molecular flexibility index (Phi) is 4.85. The van der Waals surface area contributed by atoms with Crippen molar-refractivity contribution in [3.05, 3.63) is 66.4 Å². The van der Waals surface area contributed by atoms with Gasteiger partial charge in [0.05, 0.1) is 0 Å². The Bertz CT molecular complexity index is 818. The third-order valence-electron chi connectivity index (χ3n) is 4.19. The van der Waals surface area contributed by atoms with Crippen LogP contribution in [-0.2, 0) is 6.54 Å². The van der Waals surface area contributed by atoms with Gasteiger partial charge in [-0.1, -0.05) is 18.2 Å². The Hall–Kier alpha value is -2.75. The average Bonchev–Trinajstić information content (AvgIpc) is 3.02. The zero-order chi connectivity index (χ0) is 16.9. The fourth-order valence-corrected chi connectivity index (χ4v) is 2.80. The molecule has 0 aliphatic heterocycles. The molecule has 1 aromatic heterocycles. The third-order valence-corrected chi connectivity index (χ3v) is 4.19. The minimum atomic E-state index is -0.0160. The molecule has 0 bridgehead atoms. The highest BCUT2D eigenvalue weighted by Gasteiger charge is 2.05. The minimum Gasteiger partial charge on any atom is -0.378 e. The van der Waals surface area contributed by atoms with Crippen molar-refractivity contribution in [3.8, 4) is 0 Å². The van der Waals surface area contributed by atoms with E-state index in [0.717, 1.165) is 18.7 Å². The Labute approximate surface area is 142 Å². The van der Waals surface area contributed by atoms with Crippen LogP contribution in [0.3, 0.4) is 0 Å². The molecular weight excluding hydrogens is 298 g/mol. The van der Waals surface area contributed by atoms with Crippen LogP contribution in [-0.4, -0.2) is 31.1 Å². The lowest BCUT2D eigenvalue weighted by Crippen LogP contribution is -2.25. The molecule has 1 heterocycles. The molecule has 124 valence electrons. The summed E-state index contributed by atoms with van der Waals surface area (Å²) in [6.45, 7) is 1.56. The van der Waals surface area contributed by atoms with E-state index in [2.05, 4.69) is 46.4 Å². The van der Waals surface area contributed by atoms with Crippen molar-refractivity contribution in [1.29, 1.82) is 0 Å². The molecule has 3 rings (SSSR count). The fourth-order valence-electron chi connectivity index (χ4n) is 2.80. The summed E-state index contributed by atoms with van der Waals surface area (Å²) >= 11 is 0. The van der Waals surface area contributed by atoms with Crippen molar-refractivity contribution < 1.29 is 4.79 Å². The van der Waals surface area contributed by atoms with Gasteiger partial charge in [0.1, 0.15) is 0 Å². The molecule has 24 heavy (non-hydrogen) atoms. The van der Waals surface area contributed by atoms with Crippen molar-refractivity contribution in [2.45, 2.75) is 13.0 Å². The van der Waals surface area contributed by atoms with Gasteiger partial charge < -0.3 is 14.8 Å². The number of anilines is 1. The number of carbonyl (C=O) groups excluding carboxylic acids is 1. The third kappa shape index (κ3) is 3.59. The predicted molar refractivity (Wildman–Crippen MR) is 99.7 cm³/mol. The van der Waals surface area contributed by atoms with Gasteiger partial charge in [-0.2, -0.15) is 0 Å². The first-order valence-electron chi connectivity index (χ1n) is 8.24. The number of fused-ring (bicyclic) bond motifs is 1. The molecule has 0 spiro atoms. The molecule has 2 aromatic carbocycles. The Morgan fingerprint density at radius 1 is 1.04 bits per heavy atom. The van der Waals surface area contributed by atoms with E-state index in [4.69, 9.17) is 0 Å². The molecule has 1 N–H and O–H groups in total. The van der Waals surface area contributed by atoms with Crippen molar-refractivity contribution in [1.82, 2.24) is 9.88 Å². The second-order valence-electron chi connectivity index (χ2n) is 6.12. The quantitative estimate of drug-likeness (QED) is 0.705. The number of nitrogens with one attached hydrogen (secondary N) is 1. The van der Waals surface area contributed by atoms with Gasteiger partial charge in [-0.05, 0) is 48.2 Å². The Morgan fingerprint density at radius 3 is 2.54 bits per heavy atom. The predicted octanol–water partition coefficient (Wildman–Crippen LogP) is 3.53. The number of nitrogens with zero attached hydrogens (tertiary/aromatic N) is 2. The first-order valence-corrected chi connectivity index (χ1v) is 8.24. The summed E-state index contributed by atoms with van der Waals surface area (Å²) in [6.07, 6.45) is 3.01. The number of rotatable bonds is 6. The molecule has 3 aromatic rings. The summed E-state index contributed by atoms with van der Waals surface area (Å²) in [5.41, 5.74) is 3.03. The normalized spacial score (nSPS) is 10.8. The molecule has 0 unspecified atom stereocenters. The molecule has 1 amide bonds. The summed E-state index contributed by atoms with van der Waals surface area (Å²) < 4.78 is 2.23. The topological polar surface area (TPSA) is 37.3 Å². The van der Waals surface area contributed by atoms with Gasteiger partial charge in [0.25, 0.3) is 5.91 Å². The fraction of sp³-hybridized carbons (Fsp3) is 0.250. The van der Waals surface area contributed by atoms with Gasteiger partial charge in [0.2, 0.25) is 0 Å². The largest absolute Gasteiger partial charge is 0.378 e. The van der Waals surface area contributed by atoms with Crippen LogP contribution in [0, 0.1) is 0 Å². The molecule has 4 nitrogen and oxygen atoms in total. The van der Waals surface area contributed by atoms with Gasteiger partial charge in [0.15, 0.2) is 0 Å². The summed E-state index contributed by atoms with van der Waals surface area (Å²) in [5.74, 6) is -0.0160. The maximum atomic E-state index is 12.2. The highest BCUT2D eigenvalue weighted by molar-refractivity contribution is 5.94. The number of para-hydroxylation sites is 1. The zero-order valence-electron chi connectivity index (χ0n) is 14.2. The molecule has 0 aliphatic carbocycles. The van der Waals surface area contributed by atoms with Crippen molar-refractivity contribution in [3.63, 3.8) is 0 Å². The molecule has 0 radical (unpaired) electrons. The van der Waals surface area contributed by atoms with E-state index in [9.17, 15) is 4.79 Å². The van der Waals surface area contributed by atoms with Crippen molar-refractivity contribution >= 4 is 22.5 Å². The lowest BCUT2D eigenvalue weighted by atomic mass is 10.2. The van der Waals surface area contributed by atoms with Crippen LogP contribution in [0.5, 0.6) is 0 Å². The molecule has 0 fully saturated rings. The Morgan fingerprint density at radius 2 is 1.79 bits per heavy atom. The average molecular weight is 321 g/mol. The first kappa shape index (κ1) is 16.1. The minimum absolute atomic E-state index is 0.0160. The zero-order valence-corrected chi connectivity index (χ0v) is 14.2. The summed E-state index contributed by atoms with van der Waals surface area (Å²) in [7, 11) is 3.97. The van der Waals surface area contributed by atoms with Crippen molar-refractivity contribution in [2.24, 2.45) is 0 Å². The molecule has 4 heteroatoms. The van der Waals surface area contributed by atoms with E-state index < -0.39 is 0 Å². The number of aromatic nitrogens is 1. The number of benzene rings is 2. The van der Waals surface area contributed by atoms with Crippen LogP contribution >= 0.6 is 0 Å². The summed E-state index contributed by atoms with van der Waals surface area (Å²) in [4.78, 5) is 14.2. The molecule has 0 saturated carbocycles. The lowest BCUT2D eigenvalue weighted by Gasteiger charge is -2.12. The first-order chi connectivity index (χ1) is 11.6. The standard InChI is InChI=1S/C20H23N3O/c1-22(2)18-10-8-17(9-11-18)20(24)21-13-5-14-23-15-12-16-6-3-4-7-19(16)23/h3-4,6-12,15H,5,13-14H2,1-2H3,(H,21,24). The van der Waals surface area contributed by atoms with Crippen LogP contribution in [0.25, 0.3) is 10.9 Å². The maximum Gasteiger partial charge on any atom is 0.251 e. The van der Waals surface area contributed by atoms with Crippen LogP contribution in [0.15, 0.2) is 60.8 Å². The molecule has 0 saturated heterocycles. The van der Waals surface area contributed by atoms with Crippen LogP contribution in [0.4, 0.5) is 5.69 Å². The number of carbonyl (C=O) groups is 1. The van der Waals surface area contributed by atoms with Crippen LogP contribution < -0.4 is 10.2 Å². The second-order valence-corrected chi connectivity index (χ2v) is 6.12. The Balaban J connectivity index is 1.50. The van der Waals surface area contributed by atoms with Gasteiger partial charge in [-0.15, -0.1) is 0 Å². The van der Waals surface area contributed by atoms with Crippen molar-refractivity contribution in [2.75, 3.05) is 25.5 Å². The van der Waals surface area contributed by atoms with Gasteiger partial charge in [-0.3, -0.25) is 4.79 Å². The van der Waals surface area contributed by atoms with E-state index >= 15 is 0 Å². The smallest absolute Gasteiger partial charge is 0.251 e. The number of amides is 1. The summed E-state index contributed by atoms with van der Waals surface area (Å²) in [5, 5.41) is 4.24. The summed E-state index contributed by atoms with van der Waals surface area (Å²) in [6, 6.07) is 18.1. The van der Waals surface area contributed by atoms with Gasteiger partial charge >= 0.3 is 0 Å². The second kappa shape index (κ2) is 7.21. The van der Waals surface area contributed by atoms with E-state index in [1.165, 1.54) is 10.9 Å². The van der Waals surface area contributed by atoms with Gasteiger partial charge in [0, 0.05) is 50.1 Å². The van der Waals surface area contributed by atoms with E-state index in [1.54, 1.807) is 0 Å². The number of hydrogen-bond donors (Lipinski definition) is 1. The number of hydrogen-bond acceptors (Lipinski definition) is 2. The van der Waals surface area contributed by atoms with Crippen LogP contribution in [0.1, 0.15) is 16.8 Å². The monoisotopic (exact) mass is 321 g/mol. The van der Waals surface area contributed by atoms with E-state index in [1.807, 2.05) is 43.3 Å². The van der Waals surface area contributed by atoms with E-state index in [-0.39, 0.29) is 5.91 Å². The maximum absolute atomic E-state index is 12.2. The van der Waals surface area contributed by atoms with E-state index in [0.29, 0.717) is 12.1 Å². The van der Waals surface area contributed by atoms with Gasteiger partial charge in [-0.25, -0.2) is 0 Å². The highest BCUT2D eigenvalue weighted by Crippen LogP contribution is 2.15. The SMILES string of the molecule is CN(C)c1ccc(C(=O)NCCCn2ccc3ccccc32)cc1. The number of aryl methyl sites for hydroxylation is 1.